The highest BCUT2D eigenvalue weighted by Crippen LogP contribution is 2.59. The first kappa shape index (κ1) is 27.1. The summed E-state index contributed by atoms with van der Waals surface area (Å²) in [5.74, 6) is -0.904. The number of halogens is 2. The van der Waals surface area contributed by atoms with Gasteiger partial charge in [0.2, 0.25) is 0 Å². The molecule has 11 heteroatoms. The molecular formula is C21H34F2NO7P. The van der Waals surface area contributed by atoms with E-state index in [1.54, 1.807) is 0 Å². The number of hydrogen-bond donors (Lipinski definition) is 4. The maximum absolute atomic E-state index is 15.0. The number of nitrogens with one attached hydrogen (secondary N) is 1. The average molecular weight is 481 g/mol. The maximum Gasteiger partial charge on any atom is 0.359 e. The molecule has 0 saturated carbocycles. The van der Waals surface area contributed by atoms with Crippen LogP contribution in [-0.4, -0.2) is 49.4 Å². The lowest BCUT2D eigenvalue weighted by molar-refractivity contribution is -0.0554. The summed E-state index contributed by atoms with van der Waals surface area (Å²) >= 11 is 0. The van der Waals surface area contributed by atoms with Gasteiger partial charge in [0.15, 0.2) is 11.5 Å². The summed E-state index contributed by atoms with van der Waals surface area (Å²) in [5, 5.41) is 18.8. The molecule has 0 radical (unpaired) electrons. The zero-order valence-electron chi connectivity index (χ0n) is 19.3. The SMILES string of the molecule is CCCC(C)(C[C@H]1O[C@@H](c2c(C)[nH]c(=O)c(C)c2F)[C@@H](F)C1O)OP(=O)(O)C(C)(O)CC. The third-order valence-corrected chi connectivity index (χ3v) is 8.47. The van der Waals surface area contributed by atoms with Crippen molar-refractivity contribution < 1.29 is 37.7 Å². The largest absolute Gasteiger partial charge is 0.387 e. The van der Waals surface area contributed by atoms with Gasteiger partial charge in [-0.05, 0) is 40.5 Å². The lowest BCUT2D eigenvalue weighted by Crippen LogP contribution is -2.40. The highest BCUT2D eigenvalue weighted by molar-refractivity contribution is 7.54. The molecule has 1 saturated heterocycles. The van der Waals surface area contributed by atoms with Crippen LogP contribution in [0.3, 0.4) is 0 Å². The first-order chi connectivity index (χ1) is 14.6. The lowest BCUT2D eigenvalue weighted by Gasteiger charge is -2.38. The summed E-state index contributed by atoms with van der Waals surface area (Å²) < 4.78 is 53.8. The summed E-state index contributed by atoms with van der Waals surface area (Å²) in [5.41, 5.74) is -2.30. The number of aromatic nitrogens is 1. The molecule has 8 nitrogen and oxygen atoms in total. The van der Waals surface area contributed by atoms with E-state index < -0.39 is 54.4 Å². The average Bonchev–Trinajstić information content (AvgIpc) is 2.94. The number of pyridine rings is 1. The van der Waals surface area contributed by atoms with E-state index in [0.29, 0.717) is 6.42 Å². The molecule has 0 spiro atoms. The Morgan fingerprint density at radius 3 is 2.41 bits per heavy atom. The minimum absolute atomic E-state index is 0.0374. The standard InChI is InChI=1S/C21H34F2NO7P/c1-7-9-20(5,31-32(28,29)21(6,27)8-2)10-13-17(25)16(23)18(30-13)14-12(4)24-19(26)11(3)15(14)22/h13,16-18,25,27H,7-10H2,1-6H3,(H,24,26)(H,28,29)/t13-,16+,17?,18+,20?,21?/m1/s1. The Balaban J connectivity index is 2.35. The van der Waals surface area contributed by atoms with Gasteiger partial charge in [0.1, 0.15) is 18.0 Å². The Kier molecular flexibility index (Phi) is 8.13. The summed E-state index contributed by atoms with van der Waals surface area (Å²) in [6, 6.07) is 0. The van der Waals surface area contributed by atoms with Crippen LogP contribution in [0.5, 0.6) is 0 Å². The van der Waals surface area contributed by atoms with Crippen LogP contribution in [0.1, 0.15) is 76.3 Å². The smallest absolute Gasteiger partial charge is 0.359 e. The topological polar surface area (TPSA) is 129 Å². The van der Waals surface area contributed by atoms with Gasteiger partial charge in [0.05, 0.1) is 17.3 Å². The fraction of sp³-hybridized carbons (Fsp3) is 0.762. The van der Waals surface area contributed by atoms with Gasteiger partial charge in [0.25, 0.3) is 5.56 Å². The van der Waals surface area contributed by atoms with Crippen molar-refractivity contribution in [1.29, 1.82) is 0 Å². The van der Waals surface area contributed by atoms with Gasteiger partial charge < -0.3 is 29.4 Å². The molecule has 0 amide bonds. The number of aryl methyl sites for hydroxylation is 1. The Morgan fingerprint density at radius 2 is 1.88 bits per heavy atom. The molecule has 1 fully saturated rings. The van der Waals surface area contributed by atoms with Crippen LogP contribution < -0.4 is 5.56 Å². The second kappa shape index (κ2) is 9.60. The summed E-state index contributed by atoms with van der Waals surface area (Å²) in [4.78, 5) is 24.6. The predicted octanol–water partition coefficient (Wildman–Crippen LogP) is 3.54. The van der Waals surface area contributed by atoms with Crippen molar-refractivity contribution in [3.63, 3.8) is 0 Å². The molecule has 2 heterocycles. The molecule has 32 heavy (non-hydrogen) atoms. The van der Waals surface area contributed by atoms with Gasteiger partial charge in [0, 0.05) is 17.7 Å². The molecule has 184 valence electrons. The molecule has 4 N–H and O–H groups in total. The Hall–Kier alpha value is -1.16. The molecule has 1 aliphatic heterocycles. The highest BCUT2D eigenvalue weighted by atomic mass is 31.2. The quantitative estimate of drug-likeness (QED) is 0.397. The van der Waals surface area contributed by atoms with Crippen LogP contribution >= 0.6 is 7.60 Å². The van der Waals surface area contributed by atoms with Crippen molar-refractivity contribution in [2.75, 3.05) is 0 Å². The number of ether oxygens (including phenoxy) is 1. The van der Waals surface area contributed by atoms with Crippen molar-refractivity contribution in [3.05, 3.63) is 33.0 Å². The van der Waals surface area contributed by atoms with Crippen LogP contribution in [0.4, 0.5) is 8.78 Å². The Bertz CT molecular complexity index is 937. The Morgan fingerprint density at radius 1 is 1.28 bits per heavy atom. The van der Waals surface area contributed by atoms with E-state index in [0.717, 1.165) is 0 Å². The molecular weight excluding hydrogens is 447 g/mol. The van der Waals surface area contributed by atoms with Gasteiger partial charge in [-0.3, -0.25) is 9.36 Å². The molecule has 2 rings (SSSR count). The molecule has 1 aromatic heterocycles. The minimum atomic E-state index is -4.51. The molecule has 1 aromatic rings. The fourth-order valence-electron chi connectivity index (χ4n) is 4.00. The van der Waals surface area contributed by atoms with E-state index in [4.69, 9.17) is 9.26 Å². The monoisotopic (exact) mass is 481 g/mol. The van der Waals surface area contributed by atoms with Crippen LogP contribution in [-0.2, 0) is 13.8 Å². The van der Waals surface area contributed by atoms with Crippen molar-refractivity contribution in [1.82, 2.24) is 4.98 Å². The number of alkyl halides is 1. The maximum atomic E-state index is 15.0. The van der Waals surface area contributed by atoms with Crippen molar-refractivity contribution >= 4 is 7.60 Å². The zero-order chi connectivity index (χ0) is 24.6. The second-order valence-corrected chi connectivity index (χ2v) is 11.2. The molecule has 1 aliphatic rings. The third-order valence-electron chi connectivity index (χ3n) is 6.25. The lowest BCUT2D eigenvalue weighted by atomic mass is 9.90. The van der Waals surface area contributed by atoms with Gasteiger partial charge in [-0.25, -0.2) is 8.78 Å². The second-order valence-electron chi connectivity index (χ2n) is 9.05. The van der Waals surface area contributed by atoms with E-state index in [2.05, 4.69) is 4.98 Å². The highest BCUT2D eigenvalue weighted by Gasteiger charge is 2.52. The molecule has 7 atom stereocenters. The van der Waals surface area contributed by atoms with Crippen molar-refractivity contribution in [2.24, 2.45) is 0 Å². The summed E-state index contributed by atoms with van der Waals surface area (Å²) in [6.45, 7) is 8.74. The normalized spacial score (nSPS) is 29.3. The van der Waals surface area contributed by atoms with Gasteiger partial charge >= 0.3 is 7.60 Å². The molecule has 0 aliphatic carbocycles. The van der Waals surface area contributed by atoms with Gasteiger partial charge in [-0.15, -0.1) is 0 Å². The number of aliphatic hydroxyl groups excluding tert-OH is 1. The van der Waals surface area contributed by atoms with E-state index >= 15 is 4.39 Å². The van der Waals surface area contributed by atoms with E-state index in [1.165, 1.54) is 34.6 Å². The van der Waals surface area contributed by atoms with Crippen molar-refractivity contribution in [2.45, 2.75) is 103 Å². The van der Waals surface area contributed by atoms with Gasteiger partial charge in [-0.2, -0.15) is 0 Å². The Labute approximate surface area is 186 Å². The van der Waals surface area contributed by atoms with E-state index in [1.807, 2.05) is 6.92 Å². The molecule has 0 bridgehead atoms. The van der Waals surface area contributed by atoms with E-state index in [9.17, 15) is 28.9 Å². The third kappa shape index (κ3) is 5.16. The van der Waals surface area contributed by atoms with Gasteiger partial charge in [-0.1, -0.05) is 20.3 Å². The van der Waals surface area contributed by atoms with Crippen LogP contribution in [0, 0.1) is 19.7 Å². The number of aliphatic hydroxyl groups is 2. The number of rotatable bonds is 9. The van der Waals surface area contributed by atoms with E-state index in [-0.39, 0.29) is 36.1 Å². The molecule has 0 aromatic carbocycles. The first-order valence-corrected chi connectivity index (χ1v) is 12.3. The first-order valence-electron chi connectivity index (χ1n) is 10.7. The van der Waals surface area contributed by atoms with Crippen LogP contribution in [0.25, 0.3) is 0 Å². The van der Waals surface area contributed by atoms with Crippen LogP contribution in [0.2, 0.25) is 0 Å². The van der Waals surface area contributed by atoms with Crippen LogP contribution in [0.15, 0.2) is 4.79 Å². The minimum Gasteiger partial charge on any atom is -0.387 e. The zero-order valence-corrected chi connectivity index (χ0v) is 20.2. The fourth-order valence-corrected chi connectivity index (χ4v) is 5.36. The molecule has 4 unspecified atom stereocenters. The predicted molar refractivity (Wildman–Crippen MR) is 115 cm³/mol. The number of H-pyrrole nitrogens is 1. The summed E-state index contributed by atoms with van der Waals surface area (Å²) in [6.07, 6.45) is -5.73. The number of hydrogen-bond acceptors (Lipinski definition) is 6. The summed E-state index contributed by atoms with van der Waals surface area (Å²) in [7, 11) is -4.51. The van der Waals surface area contributed by atoms with Crippen molar-refractivity contribution in [3.8, 4) is 0 Å². The number of aromatic amines is 1.